The lowest BCUT2D eigenvalue weighted by Gasteiger charge is -2.23. The summed E-state index contributed by atoms with van der Waals surface area (Å²) in [5, 5.41) is 6.10. The lowest BCUT2D eigenvalue weighted by atomic mass is 9.98. The van der Waals surface area contributed by atoms with Crippen molar-refractivity contribution >= 4 is 34.1 Å². The second-order valence-electron chi connectivity index (χ2n) is 5.85. The van der Waals surface area contributed by atoms with Gasteiger partial charge in [0.2, 0.25) is 5.91 Å². The third-order valence-electron chi connectivity index (χ3n) is 4.06. The third-order valence-corrected chi connectivity index (χ3v) is 5.04. The van der Waals surface area contributed by atoms with Gasteiger partial charge in [0.25, 0.3) is 5.91 Å². The zero-order valence-electron chi connectivity index (χ0n) is 14.9. The van der Waals surface area contributed by atoms with E-state index in [2.05, 4.69) is 15.4 Å². The molecule has 26 heavy (non-hydrogen) atoms. The summed E-state index contributed by atoms with van der Waals surface area (Å²) in [6.07, 6.45) is 0.727. The molecular weight excluding hydrogens is 352 g/mol. The maximum Gasteiger partial charge on any atom is 0.348 e. The number of hydrogen-bond acceptors (Lipinski definition) is 5. The van der Waals surface area contributed by atoms with Crippen molar-refractivity contribution in [1.29, 1.82) is 0 Å². The Morgan fingerprint density at radius 2 is 1.81 bits per heavy atom. The van der Waals surface area contributed by atoms with Crippen LogP contribution in [0.1, 0.15) is 40.3 Å². The molecule has 6 nitrogen and oxygen atoms in total. The van der Waals surface area contributed by atoms with Gasteiger partial charge in [-0.2, -0.15) is 0 Å². The second-order valence-corrected chi connectivity index (χ2v) is 6.93. The number of benzene rings is 1. The van der Waals surface area contributed by atoms with Gasteiger partial charge in [-0.05, 0) is 30.2 Å². The molecular formula is C19H22N2O4S. The predicted octanol–water partition coefficient (Wildman–Crippen LogP) is 3.32. The smallest absolute Gasteiger partial charge is 0.348 e. The maximum absolute atomic E-state index is 12.7. The molecule has 138 valence electrons. The van der Waals surface area contributed by atoms with Crippen LogP contribution in [0.15, 0.2) is 42.5 Å². The summed E-state index contributed by atoms with van der Waals surface area (Å²) in [7, 11) is 1.30. The van der Waals surface area contributed by atoms with Gasteiger partial charge in [-0.1, -0.05) is 38.5 Å². The molecule has 0 saturated carbocycles. The van der Waals surface area contributed by atoms with Gasteiger partial charge in [0.05, 0.1) is 12.1 Å². The fraction of sp³-hybridized carbons (Fsp3) is 0.316. The molecule has 0 unspecified atom stereocenters. The largest absolute Gasteiger partial charge is 0.465 e. The van der Waals surface area contributed by atoms with Crippen LogP contribution in [0.25, 0.3) is 0 Å². The van der Waals surface area contributed by atoms with E-state index < -0.39 is 12.0 Å². The molecule has 1 heterocycles. The lowest BCUT2D eigenvalue weighted by molar-refractivity contribution is -0.119. The van der Waals surface area contributed by atoms with Crippen molar-refractivity contribution in [3.8, 4) is 0 Å². The minimum atomic E-state index is -0.684. The number of thiophene rings is 1. The summed E-state index contributed by atoms with van der Waals surface area (Å²) in [6.45, 7) is 3.87. The number of nitrogens with one attached hydrogen (secondary N) is 2. The number of esters is 1. The van der Waals surface area contributed by atoms with Crippen LogP contribution in [0.5, 0.6) is 0 Å². The van der Waals surface area contributed by atoms with Crippen LogP contribution in [-0.2, 0) is 9.53 Å². The Kier molecular flexibility index (Phi) is 6.91. The molecule has 0 radical (unpaired) electrons. The van der Waals surface area contributed by atoms with Gasteiger partial charge in [-0.15, -0.1) is 11.3 Å². The van der Waals surface area contributed by atoms with E-state index in [1.54, 1.807) is 36.4 Å². The van der Waals surface area contributed by atoms with E-state index in [1.807, 2.05) is 19.9 Å². The number of anilines is 1. The highest BCUT2D eigenvalue weighted by Crippen LogP contribution is 2.23. The Bertz CT molecular complexity index is 773. The summed E-state index contributed by atoms with van der Waals surface area (Å²) < 4.78 is 4.66. The first-order valence-corrected chi connectivity index (χ1v) is 9.12. The standard InChI is InChI=1S/C19H22N2O4S/c1-4-12(2)16(21-17(22)13-8-6-5-7-9-13)18(23)20-15-11-10-14(26-15)19(24)25-3/h5-12,16H,4H2,1-3H3,(H,20,23)(H,21,22)/t12-,16-/m0/s1. The van der Waals surface area contributed by atoms with Gasteiger partial charge in [0.1, 0.15) is 10.9 Å². The quantitative estimate of drug-likeness (QED) is 0.728. The van der Waals surface area contributed by atoms with Crippen LogP contribution in [-0.4, -0.2) is 30.9 Å². The van der Waals surface area contributed by atoms with E-state index >= 15 is 0 Å². The highest BCUT2D eigenvalue weighted by Gasteiger charge is 2.27. The van der Waals surface area contributed by atoms with Crippen molar-refractivity contribution in [3.05, 3.63) is 52.9 Å². The van der Waals surface area contributed by atoms with E-state index in [-0.39, 0.29) is 17.7 Å². The summed E-state index contributed by atoms with van der Waals surface area (Å²) in [4.78, 5) is 37.0. The van der Waals surface area contributed by atoms with Crippen LogP contribution in [0.3, 0.4) is 0 Å². The van der Waals surface area contributed by atoms with Crippen molar-refractivity contribution < 1.29 is 19.1 Å². The molecule has 0 aliphatic carbocycles. The number of amides is 2. The molecule has 7 heteroatoms. The van der Waals surface area contributed by atoms with E-state index in [4.69, 9.17) is 0 Å². The van der Waals surface area contributed by atoms with Crippen LogP contribution in [0.4, 0.5) is 5.00 Å². The van der Waals surface area contributed by atoms with Gasteiger partial charge in [0, 0.05) is 5.56 Å². The molecule has 0 spiro atoms. The second kappa shape index (κ2) is 9.15. The fourth-order valence-electron chi connectivity index (χ4n) is 2.33. The fourth-order valence-corrected chi connectivity index (χ4v) is 3.16. The Balaban J connectivity index is 2.10. The number of rotatable bonds is 7. The summed E-state index contributed by atoms with van der Waals surface area (Å²) in [5.41, 5.74) is 0.498. The van der Waals surface area contributed by atoms with Gasteiger partial charge >= 0.3 is 5.97 Å². The molecule has 0 aliphatic heterocycles. The molecule has 2 atom stereocenters. The first-order valence-electron chi connectivity index (χ1n) is 8.31. The average Bonchev–Trinajstić information content (AvgIpc) is 3.13. The molecule has 2 rings (SSSR count). The van der Waals surface area contributed by atoms with E-state index in [9.17, 15) is 14.4 Å². The molecule has 2 N–H and O–H groups in total. The number of carbonyl (C=O) groups is 3. The zero-order valence-corrected chi connectivity index (χ0v) is 15.8. The maximum atomic E-state index is 12.7. The van der Waals surface area contributed by atoms with Crippen molar-refractivity contribution in [2.45, 2.75) is 26.3 Å². The van der Waals surface area contributed by atoms with Crippen molar-refractivity contribution in [1.82, 2.24) is 5.32 Å². The first-order chi connectivity index (χ1) is 12.5. The SMILES string of the molecule is CC[C@H](C)[C@H](NC(=O)c1ccccc1)C(=O)Nc1ccc(C(=O)OC)s1. The van der Waals surface area contributed by atoms with Gasteiger partial charge in [-0.25, -0.2) is 4.79 Å². The monoisotopic (exact) mass is 374 g/mol. The van der Waals surface area contributed by atoms with Crippen LogP contribution >= 0.6 is 11.3 Å². The van der Waals surface area contributed by atoms with Crippen LogP contribution in [0.2, 0.25) is 0 Å². The minimum absolute atomic E-state index is 0.0531. The average molecular weight is 374 g/mol. The third kappa shape index (κ3) is 4.92. The van der Waals surface area contributed by atoms with E-state index in [1.165, 1.54) is 7.11 Å². The van der Waals surface area contributed by atoms with E-state index in [0.717, 1.165) is 17.8 Å². The topological polar surface area (TPSA) is 84.5 Å². The predicted molar refractivity (Wildman–Crippen MR) is 101 cm³/mol. The highest BCUT2D eigenvalue weighted by atomic mass is 32.1. The van der Waals surface area contributed by atoms with Crippen LogP contribution in [0, 0.1) is 5.92 Å². The van der Waals surface area contributed by atoms with Gasteiger partial charge in [0.15, 0.2) is 0 Å². The zero-order chi connectivity index (χ0) is 19.1. The minimum Gasteiger partial charge on any atom is -0.465 e. The summed E-state index contributed by atoms with van der Waals surface area (Å²) >= 11 is 1.13. The molecule has 0 bridgehead atoms. The molecule has 0 aliphatic rings. The first kappa shape index (κ1) is 19.7. The number of hydrogen-bond donors (Lipinski definition) is 2. The highest BCUT2D eigenvalue weighted by molar-refractivity contribution is 7.18. The molecule has 2 aromatic rings. The molecule has 2 amide bonds. The number of carbonyl (C=O) groups excluding carboxylic acids is 3. The Labute approximate surface area is 156 Å². The van der Waals surface area contributed by atoms with Crippen molar-refractivity contribution in [2.24, 2.45) is 5.92 Å². The van der Waals surface area contributed by atoms with Gasteiger partial charge in [-0.3, -0.25) is 9.59 Å². The Hall–Kier alpha value is -2.67. The summed E-state index contributed by atoms with van der Waals surface area (Å²) in [5.74, 6) is -1.12. The number of methoxy groups -OCH3 is 1. The molecule has 1 aromatic heterocycles. The van der Waals surface area contributed by atoms with Crippen molar-refractivity contribution in [3.63, 3.8) is 0 Å². The van der Waals surface area contributed by atoms with Crippen LogP contribution < -0.4 is 10.6 Å². The Morgan fingerprint density at radius 1 is 1.12 bits per heavy atom. The number of ether oxygens (including phenoxy) is 1. The molecule has 1 aromatic carbocycles. The lowest BCUT2D eigenvalue weighted by Crippen LogP contribution is -2.47. The normalized spacial score (nSPS) is 12.7. The summed E-state index contributed by atoms with van der Waals surface area (Å²) in [6, 6.07) is 11.3. The van der Waals surface area contributed by atoms with Gasteiger partial charge < -0.3 is 15.4 Å². The Morgan fingerprint density at radius 3 is 2.42 bits per heavy atom. The molecule has 0 saturated heterocycles. The van der Waals surface area contributed by atoms with E-state index in [0.29, 0.717) is 15.4 Å². The molecule has 0 fully saturated rings. The van der Waals surface area contributed by atoms with Crippen molar-refractivity contribution in [2.75, 3.05) is 12.4 Å².